The van der Waals surface area contributed by atoms with E-state index in [1.54, 1.807) is 6.07 Å². The minimum Gasteiger partial charge on any atom is -0.492 e. The summed E-state index contributed by atoms with van der Waals surface area (Å²) in [5.74, 6) is -0.484. The lowest BCUT2D eigenvalue weighted by atomic mass is 10.2. The third-order valence-corrected chi connectivity index (χ3v) is 2.81. The van der Waals surface area contributed by atoms with Crippen molar-refractivity contribution in [1.29, 1.82) is 0 Å². The van der Waals surface area contributed by atoms with Crippen molar-refractivity contribution in [2.24, 2.45) is 0 Å². The number of unbranched alkanes of at least 4 members (excludes halogenated alkanes) is 2. The predicted octanol–water partition coefficient (Wildman–Crippen LogP) is 3.61. The van der Waals surface area contributed by atoms with E-state index in [-0.39, 0.29) is 12.2 Å². The Morgan fingerprint density at radius 3 is 2.76 bits per heavy atom. The first kappa shape index (κ1) is 14.0. The van der Waals surface area contributed by atoms with E-state index in [1.165, 1.54) is 12.1 Å². The highest BCUT2D eigenvalue weighted by atomic mass is 79.9. The molecule has 1 aromatic rings. The molecule has 0 atom stereocenters. The van der Waals surface area contributed by atoms with Gasteiger partial charge < -0.3 is 9.84 Å². The second-order valence-corrected chi connectivity index (χ2v) is 4.48. The number of benzene rings is 1. The molecule has 5 heteroatoms. The zero-order valence-corrected chi connectivity index (χ0v) is 10.9. The van der Waals surface area contributed by atoms with Crippen molar-refractivity contribution in [3.05, 3.63) is 28.5 Å². The van der Waals surface area contributed by atoms with E-state index in [1.807, 2.05) is 0 Å². The first-order chi connectivity index (χ1) is 8.09. The van der Waals surface area contributed by atoms with Crippen LogP contribution in [0.5, 0.6) is 5.75 Å². The summed E-state index contributed by atoms with van der Waals surface area (Å²) in [6.07, 6.45) is 2.45. The molecule has 0 spiro atoms. The van der Waals surface area contributed by atoms with Gasteiger partial charge in [0.15, 0.2) is 0 Å². The van der Waals surface area contributed by atoms with Gasteiger partial charge >= 0.3 is 5.97 Å². The Kier molecular flexibility index (Phi) is 5.97. The van der Waals surface area contributed by atoms with Gasteiger partial charge in [0, 0.05) is 6.42 Å². The van der Waals surface area contributed by atoms with Gasteiger partial charge in [-0.2, -0.15) is 0 Å². The number of hydrogen-bond donors (Lipinski definition) is 1. The maximum absolute atomic E-state index is 12.8. The van der Waals surface area contributed by atoms with Gasteiger partial charge in [-0.05, 0) is 53.4 Å². The minimum atomic E-state index is -0.771. The minimum absolute atomic E-state index is 0.195. The molecular weight excluding hydrogens is 291 g/mol. The van der Waals surface area contributed by atoms with Crippen LogP contribution in [0.25, 0.3) is 0 Å². The summed E-state index contributed by atoms with van der Waals surface area (Å²) in [7, 11) is 0. The number of hydrogen-bond acceptors (Lipinski definition) is 2. The summed E-state index contributed by atoms with van der Waals surface area (Å²) >= 11 is 3.21. The standard InChI is InChI=1S/C12H14BrFO3/c13-10-8-9(14)5-6-11(10)17-7-3-1-2-4-12(15)16/h5-6,8H,1-4,7H2,(H,15,16). The number of ether oxygens (including phenoxy) is 1. The van der Waals surface area contributed by atoms with Crippen LogP contribution in [0.4, 0.5) is 4.39 Å². The van der Waals surface area contributed by atoms with Crippen LogP contribution in [-0.4, -0.2) is 17.7 Å². The molecule has 0 aliphatic heterocycles. The molecule has 0 amide bonds. The zero-order chi connectivity index (χ0) is 12.7. The van der Waals surface area contributed by atoms with Crippen molar-refractivity contribution < 1.29 is 19.0 Å². The second kappa shape index (κ2) is 7.27. The highest BCUT2D eigenvalue weighted by Crippen LogP contribution is 2.25. The van der Waals surface area contributed by atoms with Crippen LogP contribution in [0, 0.1) is 5.82 Å². The molecule has 0 fully saturated rings. The van der Waals surface area contributed by atoms with Crippen molar-refractivity contribution >= 4 is 21.9 Å². The molecule has 0 heterocycles. The quantitative estimate of drug-likeness (QED) is 0.783. The topological polar surface area (TPSA) is 46.5 Å². The number of carboxylic acid groups (broad SMARTS) is 1. The number of halogens is 2. The molecule has 3 nitrogen and oxygen atoms in total. The molecule has 1 rings (SSSR count). The van der Waals surface area contributed by atoms with E-state index >= 15 is 0 Å². The van der Waals surface area contributed by atoms with Crippen LogP contribution in [0.2, 0.25) is 0 Å². The van der Waals surface area contributed by atoms with E-state index in [4.69, 9.17) is 9.84 Å². The van der Waals surface area contributed by atoms with E-state index in [9.17, 15) is 9.18 Å². The number of rotatable bonds is 7. The smallest absolute Gasteiger partial charge is 0.303 e. The average molecular weight is 305 g/mol. The molecule has 0 aliphatic carbocycles. The first-order valence-electron chi connectivity index (χ1n) is 5.39. The summed E-state index contributed by atoms with van der Waals surface area (Å²) < 4.78 is 18.8. The monoisotopic (exact) mass is 304 g/mol. The molecule has 0 saturated heterocycles. The zero-order valence-electron chi connectivity index (χ0n) is 9.29. The van der Waals surface area contributed by atoms with Gasteiger partial charge in [-0.15, -0.1) is 0 Å². The van der Waals surface area contributed by atoms with Crippen LogP contribution in [-0.2, 0) is 4.79 Å². The van der Waals surface area contributed by atoms with Crippen LogP contribution in [0.3, 0.4) is 0 Å². The van der Waals surface area contributed by atoms with Gasteiger partial charge in [0.1, 0.15) is 11.6 Å². The Balaban J connectivity index is 2.20. The van der Waals surface area contributed by atoms with E-state index < -0.39 is 5.97 Å². The molecule has 0 radical (unpaired) electrons. The van der Waals surface area contributed by atoms with Crippen molar-refractivity contribution in [3.8, 4) is 5.75 Å². The highest BCUT2D eigenvalue weighted by molar-refractivity contribution is 9.10. The fourth-order valence-electron chi connectivity index (χ4n) is 1.33. The van der Waals surface area contributed by atoms with Crippen molar-refractivity contribution in [2.75, 3.05) is 6.61 Å². The molecule has 94 valence electrons. The third kappa shape index (κ3) is 5.68. The van der Waals surface area contributed by atoms with Crippen LogP contribution >= 0.6 is 15.9 Å². The SMILES string of the molecule is O=C(O)CCCCCOc1ccc(F)cc1Br. The largest absolute Gasteiger partial charge is 0.492 e. The highest BCUT2D eigenvalue weighted by Gasteiger charge is 2.02. The Bertz CT molecular complexity index is 382. The van der Waals surface area contributed by atoms with E-state index in [0.717, 1.165) is 12.8 Å². The molecule has 0 saturated carbocycles. The fraction of sp³-hybridized carbons (Fsp3) is 0.417. The maximum Gasteiger partial charge on any atom is 0.303 e. The lowest BCUT2D eigenvalue weighted by molar-refractivity contribution is -0.137. The maximum atomic E-state index is 12.8. The Hall–Kier alpha value is -1.10. The molecule has 1 aromatic carbocycles. The molecule has 17 heavy (non-hydrogen) atoms. The van der Waals surface area contributed by atoms with Gasteiger partial charge in [0.25, 0.3) is 0 Å². The predicted molar refractivity (Wildman–Crippen MR) is 65.7 cm³/mol. The summed E-state index contributed by atoms with van der Waals surface area (Å²) in [5, 5.41) is 8.44. The molecular formula is C12H14BrFO3. The lowest BCUT2D eigenvalue weighted by Crippen LogP contribution is -1.99. The van der Waals surface area contributed by atoms with E-state index in [0.29, 0.717) is 23.2 Å². The number of carboxylic acids is 1. The van der Waals surface area contributed by atoms with Crippen LogP contribution < -0.4 is 4.74 Å². The van der Waals surface area contributed by atoms with Crippen molar-refractivity contribution in [3.63, 3.8) is 0 Å². The van der Waals surface area contributed by atoms with Crippen molar-refractivity contribution in [2.45, 2.75) is 25.7 Å². The first-order valence-corrected chi connectivity index (χ1v) is 6.18. The van der Waals surface area contributed by atoms with Gasteiger partial charge in [-0.3, -0.25) is 4.79 Å². The third-order valence-electron chi connectivity index (χ3n) is 2.19. The Labute approximate surface area is 108 Å². The summed E-state index contributed by atoms with van der Waals surface area (Å²) in [6, 6.07) is 4.25. The number of carbonyl (C=O) groups is 1. The molecule has 1 N–H and O–H groups in total. The molecule has 0 bridgehead atoms. The summed E-state index contributed by atoms with van der Waals surface area (Å²) in [5.41, 5.74) is 0. The summed E-state index contributed by atoms with van der Waals surface area (Å²) in [4.78, 5) is 10.3. The average Bonchev–Trinajstić information content (AvgIpc) is 2.25. The normalized spacial score (nSPS) is 10.2. The summed E-state index contributed by atoms with van der Waals surface area (Å²) in [6.45, 7) is 0.504. The lowest BCUT2D eigenvalue weighted by Gasteiger charge is -2.07. The van der Waals surface area contributed by atoms with Gasteiger partial charge in [0.2, 0.25) is 0 Å². The molecule has 0 unspecified atom stereocenters. The van der Waals surface area contributed by atoms with E-state index in [2.05, 4.69) is 15.9 Å². The van der Waals surface area contributed by atoms with Crippen molar-refractivity contribution in [1.82, 2.24) is 0 Å². The van der Waals surface area contributed by atoms with Gasteiger partial charge in [-0.25, -0.2) is 4.39 Å². The Morgan fingerprint density at radius 2 is 2.12 bits per heavy atom. The van der Waals surface area contributed by atoms with Gasteiger partial charge in [-0.1, -0.05) is 0 Å². The van der Waals surface area contributed by atoms with Gasteiger partial charge in [0.05, 0.1) is 11.1 Å². The fourth-order valence-corrected chi connectivity index (χ4v) is 1.79. The van der Waals surface area contributed by atoms with Crippen LogP contribution in [0.15, 0.2) is 22.7 Å². The number of aliphatic carboxylic acids is 1. The molecule has 0 aromatic heterocycles. The van der Waals surface area contributed by atoms with Crippen LogP contribution in [0.1, 0.15) is 25.7 Å². The second-order valence-electron chi connectivity index (χ2n) is 3.63. The molecule has 0 aliphatic rings. The Morgan fingerprint density at radius 1 is 1.35 bits per heavy atom.